The fourth-order valence-corrected chi connectivity index (χ4v) is 5.02. The van der Waals surface area contributed by atoms with Crippen molar-refractivity contribution in [1.82, 2.24) is 25.1 Å². The van der Waals surface area contributed by atoms with Crippen LogP contribution in [-0.4, -0.2) is 70.4 Å². The first-order valence-corrected chi connectivity index (χ1v) is 12.1. The number of likely N-dealkylation sites (N-methyl/N-ethyl adjacent to an activating group) is 1. The first-order chi connectivity index (χ1) is 17.2. The lowest BCUT2D eigenvalue weighted by Gasteiger charge is -2.29. The van der Waals surface area contributed by atoms with Crippen LogP contribution in [0, 0.1) is 0 Å². The molecule has 2 amide bonds. The number of aromatic nitrogens is 2. The molecular weight excluding hydrogens is 475 g/mol. The van der Waals surface area contributed by atoms with Crippen LogP contribution in [-0.2, 0) is 15.8 Å². The second-order valence-corrected chi connectivity index (χ2v) is 9.61. The number of benzene rings is 1. The maximum Gasteiger partial charge on any atom is 0.416 e. The van der Waals surface area contributed by atoms with E-state index in [0.29, 0.717) is 24.8 Å². The average Bonchev–Trinajstić information content (AvgIpc) is 3.65. The fourth-order valence-electron chi connectivity index (χ4n) is 5.02. The first-order valence-electron chi connectivity index (χ1n) is 12.1. The number of nitrogens with zero attached hydrogens (tertiary/aromatic N) is 4. The van der Waals surface area contributed by atoms with Gasteiger partial charge in [-0.1, -0.05) is 12.1 Å². The third-order valence-corrected chi connectivity index (χ3v) is 7.05. The third kappa shape index (κ3) is 5.16. The molecule has 3 heterocycles. The topological polar surface area (TPSA) is 87.7 Å². The summed E-state index contributed by atoms with van der Waals surface area (Å²) in [5, 5.41) is 2.85. The van der Waals surface area contributed by atoms with Gasteiger partial charge in [0, 0.05) is 31.8 Å². The summed E-state index contributed by atoms with van der Waals surface area (Å²) in [7, 11) is 1.53. The van der Waals surface area contributed by atoms with Crippen molar-refractivity contribution in [3.8, 4) is 5.88 Å². The highest BCUT2D eigenvalue weighted by Gasteiger charge is 2.41. The van der Waals surface area contributed by atoms with E-state index in [9.17, 15) is 22.8 Å². The average molecular weight is 504 g/mol. The molecule has 3 aliphatic rings. The van der Waals surface area contributed by atoms with Crippen molar-refractivity contribution in [2.45, 2.75) is 56.0 Å². The number of amides is 2. The van der Waals surface area contributed by atoms with Crippen LogP contribution in [0.25, 0.3) is 0 Å². The van der Waals surface area contributed by atoms with Crippen LogP contribution in [0.15, 0.2) is 36.7 Å². The summed E-state index contributed by atoms with van der Waals surface area (Å²) in [4.78, 5) is 38.3. The quantitative estimate of drug-likeness (QED) is 0.653. The van der Waals surface area contributed by atoms with Crippen LogP contribution in [0.1, 0.15) is 54.5 Å². The van der Waals surface area contributed by atoms with E-state index < -0.39 is 17.8 Å². The molecule has 1 aromatic heterocycles. The molecule has 2 aromatic rings. The summed E-state index contributed by atoms with van der Waals surface area (Å²) in [5.74, 6) is 0.463. The molecule has 3 atom stereocenters. The molecule has 192 valence electrons. The molecule has 1 N–H and O–H groups in total. The van der Waals surface area contributed by atoms with Crippen molar-refractivity contribution >= 4 is 11.8 Å². The van der Waals surface area contributed by atoms with Crippen molar-refractivity contribution in [3.63, 3.8) is 0 Å². The van der Waals surface area contributed by atoms with Gasteiger partial charge in [-0.25, -0.2) is 4.98 Å². The minimum atomic E-state index is -4.51. The zero-order valence-corrected chi connectivity index (χ0v) is 19.9. The Labute approximate surface area is 206 Å². The highest BCUT2D eigenvalue weighted by atomic mass is 19.4. The predicted molar refractivity (Wildman–Crippen MR) is 123 cm³/mol. The molecule has 8 nitrogen and oxygen atoms in total. The van der Waals surface area contributed by atoms with Gasteiger partial charge >= 0.3 is 6.18 Å². The van der Waals surface area contributed by atoms with Crippen LogP contribution in [0.4, 0.5) is 13.2 Å². The van der Waals surface area contributed by atoms with Crippen LogP contribution in [0.5, 0.6) is 5.88 Å². The minimum absolute atomic E-state index is 0.0726. The smallest absolute Gasteiger partial charge is 0.416 e. The maximum atomic E-state index is 13.4. The number of halogens is 3. The molecular formula is C25H28F3N5O3. The second kappa shape index (κ2) is 9.68. The molecule has 0 spiro atoms. The monoisotopic (exact) mass is 503 g/mol. The van der Waals surface area contributed by atoms with E-state index in [0.717, 1.165) is 30.7 Å². The Morgan fingerprint density at radius 2 is 2.00 bits per heavy atom. The summed E-state index contributed by atoms with van der Waals surface area (Å²) in [5.41, 5.74) is 0.381. The number of hydrogen-bond donors (Lipinski definition) is 1. The number of ether oxygens (including phenoxy) is 1. The molecule has 2 aliphatic heterocycles. The summed E-state index contributed by atoms with van der Waals surface area (Å²) in [6.45, 7) is 0.885. The Kier molecular flexibility index (Phi) is 6.59. The van der Waals surface area contributed by atoms with Crippen LogP contribution in [0.3, 0.4) is 0 Å². The van der Waals surface area contributed by atoms with Gasteiger partial charge in [-0.2, -0.15) is 13.2 Å². The standard InChI is InChI=1S/C25H28F3N5O3/c1-29-23(16-3-2-4-17(9-16)25(26,27)28)24(35)32-8-7-22(34)33-14-19(10-18(33)13-32)36-21-12-30-20(11-31-21)15-5-6-15/h2-4,9,11-12,15,18-19,23,29H,5-8,10,13-14H2,1H3/t18-,19+,23?/m0/s1. The minimum Gasteiger partial charge on any atom is -0.471 e. The van der Waals surface area contributed by atoms with Gasteiger partial charge in [-0.15, -0.1) is 0 Å². The normalized spacial score (nSPS) is 23.3. The third-order valence-electron chi connectivity index (χ3n) is 7.05. The van der Waals surface area contributed by atoms with E-state index in [1.807, 2.05) is 0 Å². The van der Waals surface area contributed by atoms with Gasteiger partial charge in [-0.05, 0) is 37.6 Å². The Hall–Kier alpha value is -3.21. The second-order valence-electron chi connectivity index (χ2n) is 9.61. The van der Waals surface area contributed by atoms with Crippen molar-refractivity contribution in [3.05, 3.63) is 53.5 Å². The SMILES string of the molecule is CNC(C(=O)N1CCC(=O)N2C[C@H](Oc3cnc(C4CC4)cn3)C[C@H]2C1)c1cccc(C(F)(F)F)c1. The molecule has 1 saturated carbocycles. The number of alkyl halides is 3. The number of nitrogens with one attached hydrogen (secondary N) is 1. The van der Waals surface area contributed by atoms with Crippen LogP contribution >= 0.6 is 0 Å². The van der Waals surface area contributed by atoms with Gasteiger partial charge in [0.25, 0.3) is 0 Å². The Morgan fingerprint density at radius 1 is 1.19 bits per heavy atom. The Morgan fingerprint density at radius 3 is 2.67 bits per heavy atom. The lowest BCUT2D eigenvalue weighted by Crippen LogP contribution is -2.44. The maximum absolute atomic E-state index is 13.4. The van der Waals surface area contributed by atoms with Crippen LogP contribution < -0.4 is 10.1 Å². The van der Waals surface area contributed by atoms with Crippen molar-refractivity contribution in [2.75, 3.05) is 26.7 Å². The highest BCUT2D eigenvalue weighted by Crippen LogP contribution is 2.38. The number of carbonyl (C=O) groups excluding carboxylic acids is 2. The van der Waals surface area contributed by atoms with E-state index >= 15 is 0 Å². The summed E-state index contributed by atoms with van der Waals surface area (Å²) < 4.78 is 45.6. The van der Waals surface area contributed by atoms with Crippen LogP contribution in [0.2, 0.25) is 0 Å². The number of carbonyl (C=O) groups is 2. The number of rotatable bonds is 6. The Bertz CT molecular complexity index is 1120. The fraction of sp³-hybridized carbons (Fsp3) is 0.520. The van der Waals surface area contributed by atoms with E-state index in [2.05, 4.69) is 15.3 Å². The van der Waals surface area contributed by atoms with Gasteiger partial charge < -0.3 is 19.9 Å². The molecule has 1 aromatic carbocycles. The molecule has 0 bridgehead atoms. The first kappa shape index (κ1) is 24.5. The summed E-state index contributed by atoms with van der Waals surface area (Å²) in [6, 6.07) is 3.56. The van der Waals surface area contributed by atoms with Crippen molar-refractivity contribution in [2.24, 2.45) is 0 Å². The van der Waals surface area contributed by atoms with E-state index in [1.54, 1.807) is 22.2 Å². The van der Waals surface area contributed by atoms with Gasteiger partial charge in [0.15, 0.2) is 0 Å². The zero-order valence-electron chi connectivity index (χ0n) is 19.9. The lowest BCUT2D eigenvalue weighted by molar-refractivity contribution is -0.138. The molecule has 36 heavy (non-hydrogen) atoms. The summed E-state index contributed by atoms with van der Waals surface area (Å²) >= 11 is 0. The summed E-state index contributed by atoms with van der Waals surface area (Å²) in [6.07, 6.45) is 1.49. The van der Waals surface area contributed by atoms with E-state index in [1.165, 1.54) is 19.2 Å². The Balaban J connectivity index is 1.27. The predicted octanol–water partition coefficient (Wildman–Crippen LogP) is 2.91. The number of fused-ring (bicyclic) bond motifs is 1. The zero-order chi connectivity index (χ0) is 25.4. The molecule has 0 radical (unpaired) electrons. The molecule has 1 aliphatic carbocycles. The van der Waals surface area contributed by atoms with Gasteiger partial charge in [0.05, 0.1) is 36.2 Å². The van der Waals surface area contributed by atoms with Gasteiger partial charge in [-0.3, -0.25) is 14.6 Å². The van der Waals surface area contributed by atoms with Gasteiger partial charge in [0.2, 0.25) is 17.7 Å². The van der Waals surface area contributed by atoms with E-state index in [-0.39, 0.29) is 49.0 Å². The molecule has 2 saturated heterocycles. The lowest BCUT2D eigenvalue weighted by atomic mass is 10.0. The van der Waals surface area contributed by atoms with Crippen molar-refractivity contribution < 1.29 is 27.5 Å². The molecule has 3 fully saturated rings. The van der Waals surface area contributed by atoms with Gasteiger partial charge in [0.1, 0.15) is 12.1 Å². The largest absolute Gasteiger partial charge is 0.471 e. The van der Waals surface area contributed by atoms with E-state index in [4.69, 9.17) is 4.74 Å². The molecule has 11 heteroatoms. The molecule has 5 rings (SSSR count). The molecule has 1 unspecified atom stereocenters. The van der Waals surface area contributed by atoms with Crippen molar-refractivity contribution in [1.29, 1.82) is 0 Å². The highest BCUT2D eigenvalue weighted by molar-refractivity contribution is 5.85. The number of hydrogen-bond acceptors (Lipinski definition) is 6.